The Morgan fingerprint density at radius 1 is 1.30 bits per heavy atom. The molecule has 0 spiro atoms. The van der Waals surface area contributed by atoms with Crippen molar-refractivity contribution in [1.82, 2.24) is 15.1 Å². The largest absolute Gasteiger partial charge is 0.374 e. The molecule has 2 saturated heterocycles. The van der Waals surface area contributed by atoms with Gasteiger partial charge in [0.1, 0.15) is 0 Å². The van der Waals surface area contributed by atoms with Crippen molar-refractivity contribution in [1.29, 1.82) is 0 Å². The maximum absolute atomic E-state index is 5.98. The molecule has 2 fully saturated rings. The SMILES string of the molecule is CC(C)CN1CCOC(CN(C)C2CCCNCC2)C1. The summed E-state index contributed by atoms with van der Waals surface area (Å²) in [6.45, 7) is 12.4. The lowest BCUT2D eigenvalue weighted by atomic mass is 10.1. The number of morpholine rings is 1. The molecule has 0 bridgehead atoms. The molecule has 2 unspecified atom stereocenters. The molecule has 0 aromatic carbocycles. The minimum Gasteiger partial charge on any atom is -0.374 e. The number of ether oxygens (including phenoxy) is 1. The summed E-state index contributed by atoms with van der Waals surface area (Å²) in [5, 5.41) is 3.50. The minimum absolute atomic E-state index is 0.392. The maximum Gasteiger partial charge on any atom is 0.0829 e. The molecule has 118 valence electrons. The Bertz CT molecular complexity index is 264. The number of hydrogen-bond acceptors (Lipinski definition) is 4. The number of hydrogen-bond donors (Lipinski definition) is 1. The van der Waals surface area contributed by atoms with Gasteiger partial charge in [-0.3, -0.25) is 4.90 Å². The topological polar surface area (TPSA) is 27.7 Å². The first-order chi connectivity index (χ1) is 9.65. The fourth-order valence-electron chi connectivity index (χ4n) is 3.48. The molecule has 0 radical (unpaired) electrons. The lowest BCUT2D eigenvalue weighted by Gasteiger charge is -2.37. The van der Waals surface area contributed by atoms with E-state index >= 15 is 0 Å². The second kappa shape index (κ2) is 8.32. The Morgan fingerprint density at radius 2 is 2.15 bits per heavy atom. The van der Waals surface area contributed by atoms with Gasteiger partial charge in [0.25, 0.3) is 0 Å². The van der Waals surface area contributed by atoms with Crippen LogP contribution in [-0.4, -0.2) is 74.9 Å². The Morgan fingerprint density at radius 3 is 2.95 bits per heavy atom. The van der Waals surface area contributed by atoms with Crippen LogP contribution in [0.3, 0.4) is 0 Å². The van der Waals surface area contributed by atoms with Gasteiger partial charge < -0.3 is 15.0 Å². The third-order valence-corrected chi connectivity index (χ3v) is 4.51. The number of rotatable bonds is 5. The maximum atomic E-state index is 5.98. The standard InChI is InChI=1S/C16H33N3O/c1-14(2)11-19-9-10-20-16(13-19)12-18(3)15-5-4-7-17-8-6-15/h14-17H,4-13H2,1-3H3. The van der Waals surface area contributed by atoms with Crippen LogP contribution in [0, 0.1) is 5.92 Å². The van der Waals surface area contributed by atoms with Gasteiger partial charge in [0.15, 0.2) is 0 Å². The van der Waals surface area contributed by atoms with Crippen LogP contribution in [0.15, 0.2) is 0 Å². The van der Waals surface area contributed by atoms with Gasteiger partial charge in [-0.1, -0.05) is 13.8 Å². The van der Waals surface area contributed by atoms with E-state index in [1.165, 1.54) is 38.9 Å². The van der Waals surface area contributed by atoms with Gasteiger partial charge in [-0.05, 0) is 45.3 Å². The van der Waals surface area contributed by atoms with Crippen LogP contribution in [0.4, 0.5) is 0 Å². The van der Waals surface area contributed by atoms with Crippen LogP contribution in [0.5, 0.6) is 0 Å². The molecule has 0 aromatic rings. The van der Waals surface area contributed by atoms with Crippen LogP contribution in [0.1, 0.15) is 33.1 Å². The van der Waals surface area contributed by atoms with E-state index in [2.05, 4.69) is 36.0 Å². The molecule has 4 heteroatoms. The quantitative estimate of drug-likeness (QED) is 0.826. The Hall–Kier alpha value is -0.160. The second-order valence-electron chi connectivity index (χ2n) is 6.92. The van der Waals surface area contributed by atoms with Crippen molar-refractivity contribution in [3.05, 3.63) is 0 Å². The molecule has 2 rings (SSSR count). The molecule has 20 heavy (non-hydrogen) atoms. The molecular formula is C16H33N3O. The Kier molecular flexibility index (Phi) is 6.75. The smallest absolute Gasteiger partial charge is 0.0829 e. The summed E-state index contributed by atoms with van der Waals surface area (Å²) in [5.74, 6) is 0.749. The van der Waals surface area contributed by atoms with E-state index in [9.17, 15) is 0 Å². The fourth-order valence-corrected chi connectivity index (χ4v) is 3.48. The molecule has 0 amide bonds. The lowest BCUT2D eigenvalue weighted by molar-refractivity contribution is -0.0480. The summed E-state index contributed by atoms with van der Waals surface area (Å²) in [4.78, 5) is 5.11. The normalized spacial score (nSPS) is 29.9. The Labute approximate surface area is 124 Å². The van der Waals surface area contributed by atoms with Gasteiger partial charge in [0, 0.05) is 32.2 Å². The number of likely N-dealkylation sites (N-methyl/N-ethyl adjacent to an activating group) is 1. The predicted octanol–water partition coefficient (Wildman–Crippen LogP) is 1.42. The molecule has 2 aliphatic heterocycles. The summed E-state index contributed by atoms with van der Waals surface area (Å²) < 4.78 is 5.98. The molecular weight excluding hydrogens is 250 g/mol. The number of nitrogens with zero attached hydrogens (tertiary/aromatic N) is 2. The van der Waals surface area contributed by atoms with E-state index in [0.29, 0.717) is 6.10 Å². The first kappa shape index (κ1) is 16.2. The van der Waals surface area contributed by atoms with E-state index < -0.39 is 0 Å². The third-order valence-electron chi connectivity index (χ3n) is 4.51. The van der Waals surface area contributed by atoms with Crippen molar-refractivity contribution in [2.75, 3.05) is 52.9 Å². The van der Waals surface area contributed by atoms with Crippen molar-refractivity contribution in [3.8, 4) is 0 Å². The molecule has 0 aliphatic carbocycles. The second-order valence-corrected chi connectivity index (χ2v) is 6.92. The number of nitrogens with one attached hydrogen (secondary N) is 1. The van der Waals surface area contributed by atoms with Crippen molar-refractivity contribution in [2.45, 2.75) is 45.3 Å². The summed E-state index contributed by atoms with van der Waals surface area (Å²) in [6.07, 6.45) is 4.30. The van der Waals surface area contributed by atoms with Crippen LogP contribution < -0.4 is 5.32 Å². The molecule has 0 aromatic heterocycles. The molecule has 2 heterocycles. The lowest BCUT2D eigenvalue weighted by Crippen LogP contribution is -2.49. The minimum atomic E-state index is 0.392. The zero-order chi connectivity index (χ0) is 14.4. The highest BCUT2D eigenvalue weighted by atomic mass is 16.5. The average molecular weight is 283 g/mol. The zero-order valence-electron chi connectivity index (χ0n) is 13.6. The van der Waals surface area contributed by atoms with Crippen molar-refractivity contribution in [2.24, 2.45) is 5.92 Å². The first-order valence-corrected chi connectivity index (χ1v) is 8.40. The first-order valence-electron chi connectivity index (χ1n) is 8.40. The van der Waals surface area contributed by atoms with Gasteiger partial charge >= 0.3 is 0 Å². The zero-order valence-corrected chi connectivity index (χ0v) is 13.6. The summed E-state index contributed by atoms with van der Waals surface area (Å²) >= 11 is 0. The van der Waals surface area contributed by atoms with E-state index in [1.807, 2.05) is 0 Å². The van der Waals surface area contributed by atoms with E-state index in [0.717, 1.165) is 38.2 Å². The van der Waals surface area contributed by atoms with Crippen LogP contribution in [-0.2, 0) is 4.74 Å². The molecule has 0 saturated carbocycles. The monoisotopic (exact) mass is 283 g/mol. The molecule has 2 aliphatic rings. The van der Waals surface area contributed by atoms with Crippen molar-refractivity contribution >= 4 is 0 Å². The van der Waals surface area contributed by atoms with Gasteiger partial charge in [0.05, 0.1) is 12.7 Å². The molecule has 4 nitrogen and oxygen atoms in total. The highest BCUT2D eigenvalue weighted by molar-refractivity contribution is 4.79. The molecule has 2 atom stereocenters. The van der Waals surface area contributed by atoms with Crippen molar-refractivity contribution < 1.29 is 4.74 Å². The van der Waals surface area contributed by atoms with Gasteiger partial charge in [-0.15, -0.1) is 0 Å². The van der Waals surface area contributed by atoms with Crippen molar-refractivity contribution in [3.63, 3.8) is 0 Å². The highest BCUT2D eigenvalue weighted by Crippen LogP contribution is 2.15. The summed E-state index contributed by atoms with van der Waals surface area (Å²) in [5.41, 5.74) is 0. The van der Waals surface area contributed by atoms with Crippen LogP contribution in [0.2, 0.25) is 0 Å². The highest BCUT2D eigenvalue weighted by Gasteiger charge is 2.25. The van der Waals surface area contributed by atoms with E-state index in [1.54, 1.807) is 0 Å². The summed E-state index contributed by atoms with van der Waals surface area (Å²) in [7, 11) is 2.28. The van der Waals surface area contributed by atoms with E-state index in [4.69, 9.17) is 4.74 Å². The van der Waals surface area contributed by atoms with Crippen LogP contribution >= 0.6 is 0 Å². The summed E-state index contributed by atoms with van der Waals surface area (Å²) in [6, 6.07) is 0.731. The van der Waals surface area contributed by atoms with E-state index in [-0.39, 0.29) is 0 Å². The fraction of sp³-hybridized carbons (Fsp3) is 1.00. The Balaban J connectivity index is 1.76. The van der Waals surface area contributed by atoms with Gasteiger partial charge in [-0.2, -0.15) is 0 Å². The predicted molar refractivity (Wildman–Crippen MR) is 84.2 cm³/mol. The van der Waals surface area contributed by atoms with Crippen LogP contribution in [0.25, 0.3) is 0 Å². The third kappa shape index (κ3) is 5.32. The molecule has 1 N–H and O–H groups in total. The average Bonchev–Trinajstić information content (AvgIpc) is 2.67. The van der Waals surface area contributed by atoms with Gasteiger partial charge in [-0.25, -0.2) is 0 Å². The van der Waals surface area contributed by atoms with Gasteiger partial charge in [0.2, 0.25) is 0 Å².